The van der Waals surface area contributed by atoms with E-state index in [-0.39, 0.29) is 0 Å². The second-order valence-electron chi connectivity index (χ2n) is 2.78. The van der Waals surface area contributed by atoms with E-state index in [1.165, 1.54) is 12.1 Å². The third-order valence-corrected chi connectivity index (χ3v) is 2.15. The number of hydrogen-bond acceptors (Lipinski definition) is 7. The average Bonchev–Trinajstić information content (AvgIpc) is 2.25. The van der Waals surface area contributed by atoms with Gasteiger partial charge in [0, 0.05) is 6.07 Å². The van der Waals surface area contributed by atoms with Gasteiger partial charge in [-0.15, -0.1) is 0 Å². The number of hydrogen-bond donors (Lipinski definition) is 1. The van der Waals surface area contributed by atoms with E-state index >= 15 is 0 Å². The molecule has 17 heavy (non-hydrogen) atoms. The van der Waals surface area contributed by atoms with Crippen LogP contribution in [-0.2, 0) is 15.2 Å². The smallest absolute Gasteiger partial charge is 0.261 e. The van der Waals surface area contributed by atoms with Crippen LogP contribution in [-0.4, -0.2) is 18.3 Å². The van der Waals surface area contributed by atoms with Crippen molar-refractivity contribution in [3.63, 3.8) is 0 Å². The Morgan fingerprint density at radius 3 is 2.24 bits per heavy atom. The molecule has 9 nitrogen and oxygen atoms in total. The van der Waals surface area contributed by atoms with Crippen LogP contribution in [0.4, 0.5) is 5.69 Å². The number of benzene rings is 1. The summed E-state index contributed by atoms with van der Waals surface area (Å²) in [5.74, 6) is 0. The van der Waals surface area contributed by atoms with E-state index in [4.69, 9.17) is 0 Å². The summed E-state index contributed by atoms with van der Waals surface area (Å²) in [5.41, 5.74) is -1.01. The van der Waals surface area contributed by atoms with Gasteiger partial charge in [-0.3, -0.25) is 20.2 Å². The fourth-order valence-corrected chi connectivity index (χ4v) is 1.51. The maximum Gasteiger partial charge on any atom is 0.362 e. The molecule has 0 fully saturated rings. The molecule has 0 saturated carbocycles. The van der Waals surface area contributed by atoms with Crippen LogP contribution in [0.2, 0.25) is 0 Å². The van der Waals surface area contributed by atoms with E-state index in [1.807, 2.05) is 0 Å². The third-order valence-electron chi connectivity index (χ3n) is 1.78. The first kappa shape index (κ1) is 13.0. The van der Waals surface area contributed by atoms with Crippen molar-refractivity contribution in [3.8, 4) is 0 Å². The monoisotopic (exact) mass is 262 g/mol. The summed E-state index contributed by atoms with van der Waals surface area (Å²) >= 11 is 0. The van der Waals surface area contributed by atoms with Crippen LogP contribution in [0.1, 0.15) is 11.8 Å². The second kappa shape index (κ2) is 5.32. The van der Waals surface area contributed by atoms with Crippen LogP contribution in [0.15, 0.2) is 24.3 Å². The Morgan fingerprint density at radius 2 is 1.76 bits per heavy atom. The molecule has 1 aromatic rings. The SMILES string of the molecule is O=[N+]([O-])c1ccccc1C(O[SH](=O)=O)[N+](=O)[O-]. The first-order chi connectivity index (χ1) is 7.93. The van der Waals surface area contributed by atoms with Gasteiger partial charge in [-0.1, -0.05) is 12.1 Å². The van der Waals surface area contributed by atoms with Gasteiger partial charge >= 0.3 is 6.23 Å². The van der Waals surface area contributed by atoms with E-state index < -0.39 is 38.3 Å². The predicted molar refractivity (Wildman–Crippen MR) is 54.2 cm³/mol. The summed E-state index contributed by atoms with van der Waals surface area (Å²) in [5, 5.41) is 21.2. The summed E-state index contributed by atoms with van der Waals surface area (Å²) in [4.78, 5) is 19.3. The normalized spacial score (nSPS) is 12.3. The minimum absolute atomic E-state index is 0.429. The number of nitro groups is 2. The van der Waals surface area contributed by atoms with Crippen molar-refractivity contribution in [1.82, 2.24) is 0 Å². The van der Waals surface area contributed by atoms with Crippen LogP contribution < -0.4 is 0 Å². The lowest BCUT2D eigenvalue weighted by molar-refractivity contribution is -0.571. The number of thiol groups is 1. The van der Waals surface area contributed by atoms with Gasteiger partial charge in [0.1, 0.15) is 5.56 Å². The molecule has 0 heterocycles. The summed E-state index contributed by atoms with van der Waals surface area (Å²) in [7, 11) is -3.49. The van der Waals surface area contributed by atoms with Crippen molar-refractivity contribution in [2.75, 3.05) is 0 Å². The van der Waals surface area contributed by atoms with Gasteiger partial charge in [0.25, 0.3) is 16.7 Å². The zero-order chi connectivity index (χ0) is 13.0. The Bertz CT molecular complexity index is 519. The molecule has 92 valence electrons. The number of rotatable bonds is 5. The van der Waals surface area contributed by atoms with Crippen molar-refractivity contribution in [2.45, 2.75) is 6.23 Å². The van der Waals surface area contributed by atoms with E-state index in [9.17, 15) is 28.6 Å². The average molecular weight is 262 g/mol. The highest BCUT2D eigenvalue weighted by molar-refractivity contribution is 7.67. The molecule has 0 aliphatic carbocycles. The maximum absolute atomic E-state index is 10.6. The molecule has 0 N–H and O–H groups in total. The second-order valence-corrected chi connectivity index (χ2v) is 3.44. The van der Waals surface area contributed by atoms with Crippen LogP contribution in [0, 0.1) is 20.2 Å². The zero-order valence-corrected chi connectivity index (χ0v) is 8.98. The van der Waals surface area contributed by atoms with Crippen molar-refractivity contribution in [3.05, 3.63) is 50.1 Å². The molecule has 10 heteroatoms. The van der Waals surface area contributed by atoms with Gasteiger partial charge in [0.05, 0.1) is 9.85 Å². The highest BCUT2D eigenvalue weighted by atomic mass is 32.2. The molecule has 0 saturated heterocycles. The highest BCUT2D eigenvalue weighted by Crippen LogP contribution is 2.27. The third kappa shape index (κ3) is 3.19. The van der Waals surface area contributed by atoms with Gasteiger partial charge in [-0.05, 0) is 6.07 Å². The Balaban J connectivity index is 3.27. The maximum atomic E-state index is 10.6. The quantitative estimate of drug-likeness (QED) is 0.352. The fourth-order valence-electron chi connectivity index (χ4n) is 1.15. The van der Waals surface area contributed by atoms with Crippen molar-refractivity contribution in [1.29, 1.82) is 0 Å². The molecule has 0 aliphatic rings. The minimum atomic E-state index is -3.49. The van der Waals surface area contributed by atoms with Crippen molar-refractivity contribution in [2.24, 2.45) is 0 Å². The lowest BCUT2D eigenvalue weighted by Gasteiger charge is -2.06. The summed E-state index contributed by atoms with van der Waals surface area (Å²) in [6.07, 6.45) is -2.11. The molecule has 1 atom stereocenters. The Morgan fingerprint density at radius 1 is 1.18 bits per heavy atom. The molecule has 0 radical (unpaired) electrons. The Labute approximate surface area is 96.1 Å². The molecule has 1 aromatic carbocycles. The van der Waals surface area contributed by atoms with Crippen molar-refractivity contribution >= 4 is 16.7 Å². The first-order valence-electron chi connectivity index (χ1n) is 4.11. The van der Waals surface area contributed by atoms with Crippen LogP contribution >= 0.6 is 0 Å². The van der Waals surface area contributed by atoms with Crippen LogP contribution in [0.3, 0.4) is 0 Å². The molecule has 0 aliphatic heterocycles. The lowest BCUT2D eigenvalue weighted by atomic mass is 10.1. The summed E-state index contributed by atoms with van der Waals surface area (Å²) in [6.45, 7) is 0. The molecular formula is C7H6N2O7S. The van der Waals surface area contributed by atoms with E-state index in [2.05, 4.69) is 4.18 Å². The van der Waals surface area contributed by atoms with Crippen LogP contribution in [0.25, 0.3) is 0 Å². The number of nitro benzene ring substituents is 1. The molecular weight excluding hydrogens is 256 g/mol. The molecule has 1 rings (SSSR count). The van der Waals surface area contributed by atoms with E-state index in [1.54, 1.807) is 0 Å². The fraction of sp³-hybridized carbons (Fsp3) is 0.143. The van der Waals surface area contributed by atoms with Gasteiger partial charge in [-0.2, -0.15) is 4.18 Å². The largest absolute Gasteiger partial charge is 0.362 e. The molecule has 0 bridgehead atoms. The van der Waals surface area contributed by atoms with Gasteiger partial charge in [0.15, 0.2) is 0 Å². The van der Waals surface area contributed by atoms with E-state index in [0.29, 0.717) is 0 Å². The van der Waals surface area contributed by atoms with Crippen LogP contribution in [0.5, 0.6) is 0 Å². The standard InChI is InChI=1S/C7H6N2O7S/c10-8(11)6-4-2-1-3-5(6)7(9(12)13)16-17(14)15/h1-4,7,17H. The van der Waals surface area contributed by atoms with Crippen molar-refractivity contribution < 1.29 is 22.4 Å². The topological polar surface area (TPSA) is 130 Å². The van der Waals surface area contributed by atoms with Gasteiger partial charge in [-0.25, -0.2) is 8.42 Å². The Kier molecular flexibility index (Phi) is 4.06. The molecule has 0 amide bonds. The van der Waals surface area contributed by atoms with Gasteiger partial charge in [0.2, 0.25) is 0 Å². The summed E-state index contributed by atoms with van der Waals surface area (Å²) < 4.78 is 24.7. The minimum Gasteiger partial charge on any atom is -0.261 e. The number of para-hydroxylation sites is 1. The first-order valence-corrected chi connectivity index (χ1v) is 5.21. The van der Waals surface area contributed by atoms with E-state index in [0.717, 1.165) is 12.1 Å². The van der Waals surface area contributed by atoms with Gasteiger partial charge < -0.3 is 0 Å². The molecule has 1 unspecified atom stereocenters. The molecule has 0 aromatic heterocycles. The zero-order valence-electron chi connectivity index (χ0n) is 8.09. The lowest BCUT2D eigenvalue weighted by Crippen LogP contribution is -2.15. The Hall–Kier alpha value is -2.07. The number of nitrogens with zero attached hydrogens (tertiary/aromatic N) is 2. The predicted octanol–water partition coefficient (Wildman–Crippen LogP) is 0.413. The molecule has 0 spiro atoms. The highest BCUT2D eigenvalue weighted by Gasteiger charge is 2.32. The summed E-state index contributed by atoms with van der Waals surface area (Å²) in [6, 6.07) is 4.69.